The van der Waals surface area contributed by atoms with Crippen LogP contribution >= 0.6 is 12.4 Å². The van der Waals surface area contributed by atoms with Gasteiger partial charge in [0.25, 0.3) is 0 Å². The molecule has 1 aromatic carbocycles. The maximum absolute atomic E-state index is 12.5. The lowest BCUT2D eigenvalue weighted by atomic mass is 10.1. The summed E-state index contributed by atoms with van der Waals surface area (Å²) >= 11 is 0. The van der Waals surface area contributed by atoms with Crippen molar-refractivity contribution in [2.45, 2.75) is 38.6 Å². The molecule has 0 spiro atoms. The van der Waals surface area contributed by atoms with Gasteiger partial charge in [0.15, 0.2) is 0 Å². The Labute approximate surface area is 157 Å². The molecule has 1 amide bonds. The Morgan fingerprint density at radius 1 is 1.12 bits per heavy atom. The van der Waals surface area contributed by atoms with E-state index in [0.717, 1.165) is 5.56 Å². The average molecular weight is 392 g/mol. The van der Waals surface area contributed by atoms with Crippen LogP contribution < -0.4 is 10.6 Å². The van der Waals surface area contributed by atoms with Crippen LogP contribution in [0.1, 0.15) is 39.3 Å². The highest BCUT2D eigenvalue weighted by atomic mass is 35.5. The summed E-state index contributed by atoms with van der Waals surface area (Å²) in [6.07, 6.45) is 0. The first-order valence-corrected chi connectivity index (χ1v) is 9.76. The normalized spacial score (nSPS) is 13.8. The van der Waals surface area contributed by atoms with Crippen LogP contribution in [-0.4, -0.2) is 45.3 Å². The van der Waals surface area contributed by atoms with Crippen molar-refractivity contribution in [3.63, 3.8) is 0 Å². The third kappa shape index (κ3) is 6.26. The zero-order valence-corrected chi connectivity index (χ0v) is 17.2. The number of hydrogen-bond donors (Lipinski definition) is 2. The van der Waals surface area contributed by atoms with E-state index in [1.165, 1.54) is 4.31 Å². The third-order valence-corrected chi connectivity index (χ3v) is 6.10. The predicted molar refractivity (Wildman–Crippen MR) is 103 cm³/mol. The molecule has 1 aromatic rings. The number of carbonyl (C=O) groups is 1. The molecule has 2 atom stereocenters. The van der Waals surface area contributed by atoms with E-state index in [1.54, 1.807) is 24.3 Å². The molecule has 0 aliphatic heterocycles. The zero-order valence-electron chi connectivity index (χ0n) is 15.6. The van der Waals surface area contributed by atoms with Gasteiger partial charge in [0, 0.05) is 25.6 Å². The Hall–Kier alpha value is -1.15. The molecule has 0 aliphatic carbocycles. The Balaban J connectivity index is 0.00000576. The molecule has 0 radical (unpaired) electrons. The summed E-state index contributed by atoms with van der Waals surface area (Å²) in [4.78, 5) is 12.3. The highest BCUT2D eigenvalue weighted by molar-refractivity contribution is 7.89. The van der Waals surface area contributed by atoms with Crippen molar-refractivity contribution in [1.29, 1.82) is 0 Å². The van der Waals surface area contributed by atoms with Gasteiger partial charge in [-0.05, 0) is 31.7 Å². The van der Waals surface area contributed by atoms with Gasteiger partial charge in [0.1, 0.15) is 0 Å². The average Bonchev–Trinajstić information content (AvgIpc) is 2.56. The molecule has 8 heteroatoms. The molecule has 0 saturated carbocycles. The van der Waals surface area contributed by atoms with Crippen molar-refractivity contribution in [2.75, 3.05) is 26.7 Å². The van der Waals surface area contributed by atoms with Crippen LogP contribution in [0.4, 0.5) is 0 Å². The Morgan fingerprint density at radius 2 is 1.64 bits per heavy atom. The highest BCUT2D eigenvalue weighted by Crippen LogP contribution is 2.19. The summed E-state index contributed by atoms with van der Waals surface area (Å²) in [5.74, 6) is -0.156. The topological polar surface area (TPSA) is 78.5 Å². The van der Waals surface area contributed by atoms with Crippen molar-refractivity contribution in [3.05, 3.63) is 29.8 Å². The Morgan fingerprint density at radius 3 is 2.08 bits per heavy atom. The lowest BCUT2D eigenvalue weighted by Gasteiger charge is -2.20. The number of rotatable bonds is 9. The van der Waals surface area contributed by atoms with Crippen molar-refractivity contribution in [2.24, 2.45) is 5.92 Å². The molecule has 1 rings (SSSR count). The second kappa shape index (κ2) is 10.8. The molecule has 6 nitrogen and oxygen atoms in total. The van der Waals surface area contributed by atoms with E-state index >= 15 is 0 Å². The van der Waals surface area contributed by atoms with E-state index in [1.807, 2.05) is 34.7 Å². The number of amides is 1. The van der Waals surface area contributed by atoms with Gasteiger partial charge in [-0.25, -0.2) is 8.42 Å². The second-order valence-electron chi connectivity index (χ2n) is 5.85. The fourth-order valence-corrected chi connectivity index (χ4v) is 3.94. The molecule has 2 N–H and O–H groups in total. The van der Waals surface area contributed by atoms with Crippen LogP contribution in [0.15, 0.2) is 29.2 Å². The molecule has 0 aliphatic rings. The maximum Gasteiger partial charge on any atom is 0.243 e. The lowest BCUT2D eigenvalue weighted by molar-refractivity contribution is -0.125. The molecule has 0 bridgehead atoms. The van der Waals surface area contributed by atoms with Gasteiger partial charge in [-0.2, -0.15) is 4.31 Å². The SMILES string of the molecule is CCN(CC)S(=O)(=O)c1ccc(C(C)NC(=O)C(C)CNC)cc1.Cl. The van der Waals surface area contributed by atoms with Gasteiger partial charge in [0.05, 0.1) is 10.9 Å². The van der Waals surface area contributed by atoms with Gasteiger partial charge in [-0.3, -0.25) is 4.79 Å². The minimum Gasteiger partial charge on any atom is -0.349 e. The predicted octanol–water partition coefficient (Wildman–Crippen LogP) is 2.17. The van der Waals surface area contributed by atoms with Crippen molar-refractivity contribution in [3.8, 4) is 0 Å². The van der Waals surface area contributed by atoms with E-state index < -0.39 is 10.0 Å². The number of carbonyl (C=O) groups excluding carboxylic acids is 1. The van der Waals surface area contributed by atoms with E-state index in [2.05, 4.69) is 10.6 Å². The zero-order chi connectivity index (χ0) is 18.3. The molecule has 0 saturated heterocycles. The first kappa shape index (κ1) is 23.9. The Bertz CT molecular complexity index is 631. The lowest BCUT2D eigenvalue weighted by Crippen LogP contribution is -2.35. The van der Waals surface area contributed by atoms with Crippen LogP contribution in [0.3, 0.4) is 0 Å². The van der Waals surface area contributed by atoms with Crippen LogP contribution in [-0.2, 0) is 14.8 Å². The first-order valence-electron chi connectivity index (χ1n) is 8.32. The molecule has 2 unspecified atom stereocenters. The fraction of sp³-hybridized carbons (Fsp3) is 0.588. The fourth-order valence-electron chi connectivity index (χ4n) is 2.48. The first-order chi connectivity index (χ1) is 11.3. The van der Waals surface area contributed by atoms with Crippen LogP contribution in [0.2, 0.25) is 0 Å². The summed E-state index contributed by atoms with van der Waals surface area (Å²) in [7, 11) is -1.64. The summed E-state index contributed by atoms with van der Waals surface area (Å²) in [6, 6.07) is 6.53. The highest BCUT2D eigenvalue weighted by Gasteiger charge is 2.22. The second-order valence-corrected chi connectivity index (χ2v) is 7.79. The third-order valence-electron chi connectivity index (χ3n) is 4.04. The number of benzene rings is 1. The van der Waals surface area contributed by atoms with Crippen molar-refractivity contribution in [1.82, 2.24) is 14.9 Å². The summed E-state index contributed by atoms with van der Waals surface area (Å²) in [6.45, 7) is 8.88. The van der Waals surface area contributed by atoms with E-state index in [-0.39, 0.29) is 35.2 Å². The molecule has 25 heavy (non-hydrogen) atoms. The number of nitrogens with zero attached hydrogens (tertiary/aromatic N) is 1. The number of halogens is 1. The van der Waals surface area contributed by atoms with Crippen molar-refractivity contribution >= 4 is 28.3 Å². The van der Waals surface area contributed by atoms with E-state index in [4.69, 9.17) is 0 Å². The Kier molecular flexibility index (Phi) is 10.3. The van der Waals surface area contributed by atoms with Gasteiger partial charge in [-0.1, -0.05) is 32.9 Å². The monoisotopic (exact) mass is 391 g/mol. The standard InChI is InChI=1S/C17H29N3O3S.ClH/c1-6-20(7-2)24(22,23)16-10-8-15(9-11-16)14(4)19-17(21)13(3)12-18-5;/h8-11,13-14,18H,6-7,12H2,1-5H3,(H,19,21);1H. The molecule has 0 aromatic heterocycles. The molecule has 0 heterocycles. The van der Waals surface area contributed by atoms with Crippen molar-refractivity contribution < 1.29 is 13.2 Å². The summed E-state index contributed by atoms with van der Waals surface area (Å²) in [5, 5.41) is 5.92. The quantitative estimate of drug-likeness (QED) is 0.676. The summed E-state index contributed by atoms with van der Waals surface area (Å²) in [5.41, 5.74) is 0.874. The molecule has 0 fully saturated rings. The van der Waals surface area contributed by atoms with E-state index in [0.29, 0.717) is 19.6 Å². The van der Waals surface area contributed by atoms with E-state index in [9.17, 15) is 13.2 Å². The molecular formula is C17H30ClN3O3S. The molecule has 144 valence electrons. The number of nitrogens with one attached hydrogen (secondary N) is 2. The van der Waals surface area contributed by atoms with Gasteiger partial charge in [-0.15, -0.1) is 12.4 Å². The van der Waals surface area contributed by atoms with Crippen LogP contribution in [0.5, 0.6) is 0 Å². The van der Waals surface area contributed by atoms with Crippen LogP contribution in [0.25, 0.3) is 0 Å². The smallest absolute Gasteiger partial charge is 0.243 e. The number of sulfonamides is 1. The summed E-state index contributed by atoms with van der Waals surface area (Å²) < 4.78 is 26.4. The largest absolute Gasteiger partial charge is 0.349 e. The number of hydrogen-bond acceptors (Lipinski definition) is 4. The van der Waals surface area contributed by atoms with Gasteiger partial charge >= 0.3 is 0 Å². The maximum atomic E-state index is 12.5. The van der Waals surface area contributed by atoms with Gasteiger partial charge in [0.2, 0.25) is 15.9 Å². The van der Waals surface area contributed by atoms with Crippen LogP contribution in [0, 0.1) is 5.92 Å². The minimum atomic E-state index is -3.45. The van der Waals surface area contributed by atoms with Gasteiger partial charge < -0.3 is 10.6 Å². The minimum absolute atomic E-state index is 0. The molecular weight excluding hydrogens is 362 g/mol.